The monoisotopic (exact) mass is 275 g/mol. The molecule has 6 heteroatoms. The van der Waals surface area contributed by atoms with Gasteiger partial charge in [-0.2, -0.15) is 5.10 Å². The highest BCUT2D eigenvalue weighted by Gasteiger charge is 2.14. The largest absolute Gasteiger partial charge is 0.477 e. The molecule has 0 spiro atoms. The van der Waals surface area contributed by atoms with Crippen molar-refractivity contribution in [2.75, 3.05) is 0 Å². The third-order valence-corrected chi connectivity index (χ3v) is 3.34. The van der Waals surface area contributed by atoms with Crippen molar-refractivity contribution >= 4 is 28.5 Å². The summed E-state index contributed by atoms with van der Waals surface area (Å²) < 4.78 is 1.92. The van der Waals surface area contributed by atoms with Crippen LogP contribution in [0.2, 0.25) is 5.02 Å². The van der Waals surface area contributed by atoms with Gasteiger partial charge in [0.1, 0.15) is 5.69 Å². The Morgan fingerprint density at radius 3 is 2.95 bits per heavy atom. The number of nitrogens with one attached hydrogen (secondary N) is 1. The number of aromatic nitrogens is 3. The number of hydrogen-bond donors (Lipinski definition) is 2. The van der Waals surface area contributed by atoms with Crippen molar-refractivity contribution < 1.29 is 9.90 Å². The van der Waals surface area contributed by atoms with Gasteiger partial charge in [-0.25, -0.2) is 4.79 Å². The standard InChI is InChI=1S/C13H10ClN3O2/c1-17-6-8(14)12-7(3-2-4-11(12)17)9-5-10(13(18)19)16-15-9/h2-6H,1H3,(H,15,16)(H,18,19). The molecule has 0 amide bonds. The van der Waals surface area contributed by atoms with Gasteiger partial charge in [-0.15, -0.1) is 0 Å². The first-order chi connectivity index (χ1) is 9.08. The van der Waals surface area contributed by atoms with Gasteiger partial charge in [0.2, 0.25) is 0 Å². The van der Waals surface area contributed by atoms with Crippen LogP contribution in [0.1, 0.15) is 10.5 Å². The second-order valence-electron chi connectivity index (χ2n) is 4.26. The lowest BCUT2D eigenvalue weighted by atomic mass is 10.1. The molecule has 0 unspecified atom stereocenters. The fourth-order valence-corrected chi connectivity index (χ4v) is 2.52. The number of benzene rings is 1. The number of aromatic amines is 1. The van der Waals surface area contributed by atoms with Crippen LogP contribution >= 0.6 is 11.6 Å². The molecule has 96 valence electrons. The molecule has 0 radical (unpaired) electrons. The van der Waals surface area contributed by atoms with Crippen molar-refractivity contribution in [2.24, 2.45) is 7.05 Å². The fraction of sp³-hybridized carbons (Fsp3) is 0.0769. The zero-order valence-electron chi connectivity index (χ0n) is 10.0. The number of nitrogens with zero attached hydrogens (tertiary/aromatic N) is 2. The van der Waals surface area contributed by atoms with Crippen molar-refractivity contribution in [3.05, 3.63) is 41.2 Å². The van der Waals surface area contributed by atoms with Crippen molar-refractivity contribution in [2.45, 2.75) is 0 Å². The third kappa shape index (κ3) is 1.79. The Morgan fingerprint density at radius 1 is 1.47 bits per heavy atom. The Morgan fingerprint density at radius 2 is 2.26 bits per heavy atom. The van der Waals surface area contributed by atoms with Crippen LogP contribution in [0.25, 0.3) is 22.2 Å². The Kier molecular flexibility index (Phi) is 2.57. The van der Waals surface area contributed by atoms with Gasteiger partial charge < -0.3 is 9.67 Å². The van der Waals surface area contributed by atoms with E-state index in [1.165, 1.54) is 6.07 Å². The molecule has 5 nitrogen and oxygen atoms in total. The summed E-state index contributed by atoms with van der Waals surface area (Å²) >= 11 is 6.23. The molecule has 19 heavy (non-hydrogen) atoms. The van der Waals surface area contributed by atoms with E-state index in [4.69, 9.17) is 16.7 Å². The minimum absolute atomic E-state index is 0.0547. The average Bonchev–Trinajstić information content (AvgIpc) is 2.96. The summed E-state index contributed by atoms with van der Waals surface area (Å²) in [7, 11) is 1.91. The van der Waals surface area contributed by atoms with Gasteiger partial charge >= 0.3 is 5.97 Å². The number of carboxylic acids is 1. The zero-order valence-corrected chi connectivity index (χ0v) is 10.8. The molecule has 0 aliphatic heterocycles. The van der Waals surface area contributed by atoms with Crippen LogP contribution in [-0.2, 0) is 7.05 Å². The molecule has 0 aliphatic carbocycles. The number of fused-ring (bicyclic) bond motifs is 1. The lowest BCUT2D eigenvalue weighted by Crippen LogP contribution is -1.95. The number of carboxylic acid groups (broad SMARTS) is 1. The maximum atomic E-state index is 10.9. The lowest BCUT2D eigenvalue weighted by molar-refractivity contribution is 0.0690. The van der Waals surface area contributed by atoms with Crippen LogP contribution in [0.4, 0.5) is 0 Å². The molecule has 0 saturated carbocycles. The summed E-state index contributed by atoms with van der Waals surface area (Å²) in [6, 6.07) is 7.22. The summed E-state index contributed by atoms with van der Waals surface area (Å²) in [6.45, 7) is 0. The Balaban J connectivity index is 2.27. The highest BCUT2D eigenvalue weighted by Crippen LogP contribution is 2.34. The minimum atomic E-state index is -1.04. The molecule has 3 aromatic rings. The van der Waals surface area contributed by atoms with Crippen molar-refractivity contribution in [1.82, 2.24) is 14.8 Å². The molecule has 2 aromatic heterocycles. The molecule has 0 aliphatic rings. The summed E-state index contributed by atoms with van der Waals surface area (Å²) in [5, 5.41) is 16.9. The van der Waals surface area contributed by atoms with E-state index in [0.717, 1.165) is 16.5 Å². The topological polar surface area (TPSA) is 70.9 Å². The van der Waals surface area contributed by atoms with Gasteiger partial charge in [0, 0.05) is 29.7 Å². The predicted octanol–water partition coefficient (Wildman–Crippen LogP) is 2.92. The average molecular weight is 276 g/mol. The Labute approximate surface area is 113 Å². The Hall–Kier alpha value is -2.27. The van der Waals surface area contributed by atoms with E-state index < -0.39 is 5.97 Å². The second kappa shape index (κ2) is 4.13. The number of H-pyrrole nitrogens is 1. The third-order valence-electron chi connectivity index (χ3n) is 3.05. The first-order valence-electron chi connectivity index (χ1n) is 5.60. The Bertz CT molecular complexity index is 788. The first-order valence-corrected chi connectivity index (χ1v) is 5.98. The zero-order chi connectivity index (χ0) is 13.6. The molecule has 2 N–H and O–H groups in total. The molecule has 0 saturated heterocycles. The van der Waals surface area contributed by atoms with E-state index in [1.807, 2.05) is 36.0 Å². The highest BCUT2D eigenvalue weighted by molar-refractivity contribution is 6.36. The SMILES string of the molecule is Cn1cc(Cl)c2c(-c3cc(C(=O)O)[nH]n3)cccc21. The van der Waals surface area contributed by atoms with Crippen molar-refractivity contribution in [3.8, 4) is 11.3 Å². The molecular formula is C13H10ClN3O2. The van der Waals surface area contributed by atoms with E-state index in [9.17, 15) is 4.79 Å². The smallest absolute Gasteiger partial charge is 0.353 e. The predicted molar refractivity (Wildman–Crippen MR) is 72.5 cm³/mol. The van der Waals surface area contributed by atoms with E-state index in [-0.39, 0.29) is 5.69 Å². The van der Waals surface area contributed by atoms with Gasteiger partial charge in [-0.1, -0.05) is 23.7 Å². The molecule has 0 atom stereocenters. The first kappa shape index (κ1) is 11.8. The summed E-state index contributed by atoms with van der Waals surface area (Å²) in [5.41, 5.74) is 2.41. The van der Waals surface area contributed by atoms with E-state index in [1.54, 1.807) is 0 Å². The molecule has 0 fully saturated rings. The quantitative estimate of drug-likeness (QED) is 0.755. The summed E-state index contributed by atoms with van der Waals surface area (Å²) in [5.74, 6) is -1.04. The van der Waals surface area contributed by atoms with Gasteiger partial charge in [0.15, 0.2) is 0 Å². The van der Waals surface area contributed by atoms with Gasteiger partial charge in [-0.05, 0) is 12.1 Å². The molecule has 2 heterocycles. The maximum Gasteiger partial charge on any atom is 0.353 e. The maximum absolute atomic E-state index is 10.9. The summed E-state index contributed by atoms with van der Waals surface area (Å²) in [4.78, 5) is 10.9. The van der Waals surface area contributed by atoms with Crippen LogP contribution in [0.15, 0.2) is 30.5 Å². The molecule has 0 bridgehead atoms. The van der Waals surface area contributed by atoms with Gasteiger partial charge in [-0.3, -0.25) is 5.10 Å². The van der Waals surface area contributed by atoms with E-state index in [0.29, 0.717) is 10.7 Å². The summed E-state index contributed by atoms with van der Waals surface area (Å²) in [6.07, 6.45) is 1.82. The molecule has 3 rings (SSSR count). The van der Waals surface area contributed by atoms with Crippen molar-refractivity contribution in [1.29, 1.82) is 0 Å². The van der Waals surface area contributed by atoms with E-state index in [2.05, 4.69) is 10.2 Å². The number of carbonyl (C=O) groups is 1. The highest BCUT2D eigenvalue weighted by atomic mass is 35.5. The fourth-order valence-electron chi connectivity index (χ4n) is 2.17. The van der Waals surface area contributed by atoms with Crippen LogP contribution in [0, 0.1) is 0 Å². The lowest BCUT2D eigenvalue weighted by Gasteiger charge is -2.01. The van der Waals surface area contributed by atoms with Crippen molar-refractivity contribution in [3.63, 3.8) is 0 Å². The van der Waals surface area contributed by atoms with Crippen LogP contribution in [0.5, 0.6) is 0 Å². The van der Waals surface area contributed by atoms with Gasteiger partial charge in [0.05, 0.1) is 10.7 Å². The normalized spacial score (nSPS) is 11.1. The number of aryl methyl sites for hydroxylation is 1. The number of rotatable bonds is 2. The van der Waals surface area contributed by atoms with Gasteiger partial charge in [0.25, 0.3) is 0 Å². The second-order valence-corrected chi connectivity index (χ2v) is 4.67. The van der Waals surface area contributed by atoms with E-state index >= 15 is 0 Å². The molecule has 1 aromatic carbocycles. The van der Waals surface area contributed by atoms with Crippen LogP contribution in [-0.4, -0.2) is 25.8 Å². The number of hydrogen-bond acceptors (Lipinski definition) is 2. The minimum Gasteiger partial charge on any atom is -0.477 e. The number of aromatic carboxylic acids is 1. The number of halogens is 1. The van der Waals surface area contributed by atoms with Crippen LogP contribution < -0.4 is 0 Å². The van der Waals surface area contributed by atoms with Crippen LogP contribution in [0.3, 0.4) is 0 Å². The molecular weight excluding hydrogens is 266 g/mol.